The molecule has 27 nitrogen and oxygen atoms in total. The zero-order valence-electron chi connectivity index (χ0n) is 44.8. The highest BCUT2D eigenvalue weighted by Crippen LogP contribution is 2.70. The minimum absolute atomic E-state index is 0.00683. The molecule has 8 heterocycles. The predicted molar refractivity (Wildman–Crippen MR) is 290 cm³/mol. The molecule has 7 saturated heterocycles. The summed E-state index contributed by atoms with van der Waals surface area (Å²) in [5.74, 6) is -15.1. The molecule has 7 aliphatic heterocycles. The van der Waals surface area contributed by atoms with Crippen molar-refractivity contribution in [1.82, 2.24) is 14.4 Å². The zero-order chi connectivity index (χ0) is 60.2. The van der Waals surface area contributed by atoms with Gasteiger partial charge in [0.2, 0.25) is 0 Å². The van der Waals surface area contributed by atoms with Crippen LogP contribution in [0.1, 0.15) is 0 Å². The van der Waals surface area contributed by atoms with Crippen molar-refractivity contribution in [3.8, 4) is 34.4 Å². The minimum Gasteiger partial charge on any atom is -0.509 e. The molecule has 3 aromatic carbocycles. The number of anilines is 1. The van der Waals surface area contributed by atoms with Crippen LogP contribution in [0, 0.1) is 47.3 Å². The molecule has 4 aromatic rings. The molecular weight excluding hydrogens is 1130 g/mol. The van der Waals surface area contributed by atoms with Crippen LogP contribution in [0.5, 0.6) is 28.7 Å². The van der Waals surface area contributed by atoms with Gasteiger partial charge in [-0.05, 0) is 58.1 Å². The standard InChI is InChI=1S/C54H57B5N4O23/c55-17-9-13-24(19(57)39(71)43(75)33(13)65)60(25(9)37(69)21(59)36(17)68)5-2-1-3-6(4-5)61-26-15(34(66)44(76)45(77)41(26)73)14-27(61)42(74)54-31(32(14)64)63-23-7-8-16-22-12(35(67)46(78)50(16)82-81-49(8)40(72)20(23)58)10-18(56)38(70)47(79)51-28(10)62(22)29-11(7)30(63)53(85-86-54)48(80)52(29)84-83-51/h1-4,7-8,10-12,14-16,18,20,22-23,26-32,34-35,38,40-42,44-54,64-80H. The van der Waals surface area contributed by atoms with Crippen LogP contribution < -0.4 is 21.3 Å². The van der Waals surface area contributed by atoms with Gasteiger partial charge in [0.1, 0.15) is 114 Å². The second-order valence-electron chi connectivity index (χ2n) is 26.5. The molecule has 17 N–H and O–H groups in total. The Hall–Kier alpha value is -4.22. The molecule has 0 spiro atoms. The summed E-state index contributed by atoms with van der Waals surface area (Å²) in [5.41, 5.74) is -2.14. The van der Waals surface area contributed by atoms with Crippen LogP contribution in [0.4, 0.5) is 5.69 Å². The van der Waals surface area contributed by atoms with E-state index in [9.17, 15) is 86.8 Å². The molecule has 36 unspecified atom stereocenters. The van der Waals surface area contributed by atoms with Crippen LogP contribution in [-0.4, -0.2) is 299 Å². The first-order valence-corrected chi connectivity index (χ1v) is 29.0. The van der Waals surface area contributed by atoms with Crippen LogP contribution >= 0.6 is 0 Å². The lowest BCUT2D eigenvalue weighted by atomic mass is 9.50. The minimum atomic E-state index is -2.03. The third-order valence-electron chi connectivity index (χ3n) is 23.7. The van der Waals surface area contributed by atoms with Gasteiger partial charge in [0, 0.05) is 82.5 Å². The molecule has 10 radical (unpaired) electrons. The lowest BCUT2D eigenvalue weighted by Crippen LogP contribution is -2.74. The van der Waals surface area contributed by atoms with Gasteiger partial charge in [-0.3, -0.25) is 9.80 Å². The quantitative estimate of drug-likeness (QED) is 0.0503. The Morgan fingerprint density at radius 1 is 0.326 bits per heavy atom. The number of aliphatic hydroxyl groups excluding tert-OH is 12. The van der Waals surface area contributed by atoms with Crippen LogP contribution in [0.3, 0.4) is 0 Å². The fraction of sp³-hybridized carbons (Fsp3) is 0.667. The third-order valence-corrected chi connectivity index (χ3v) is 23.7. The summed E-state index contributed by atoms with van der Waals surface area (Å²) in [6.07, 6.45) is -29.8. The van der Waals surface area contributed by atoms with Crippen LogP contribution in [0.15, 0.2) is 24.3 Å². The fourth-order valence-electron chi connectivity index (χ4n) is 20.7. The molecule has 86 heavy (non-hydrogen) atoms. The summed E-state index contributed by atoms with van der Waals surface area (Å²) in [6, 6.07) is -3.58. The summed E-state index contributed by atoms with van der Waals surface area (Å²) >= 11 is 0. The summed E-state index contributed by atoms with van der Waals surface area (Å²) in [5, 5.41) is 204. The molecule has 32 heteroatoms. The van der Waals surface area contributed by atoms with Crippen molar-refractivity contribution >= 4 is 83.1 Å². The molecule has 6 saturated carbocycles. The number of phenols is 5. The second-order valence-corrected chi connectivity index (χ2v) is 26.5. The molecule has 1 aromatic heterocycles. The number of fused-ring (bicyclic) bond motifs is 10. The maximum Gasteiger partial charge on any atom is 0.200 e. The number of hydrogen-bond donors (Lipinski definition) is 17. The number of rotatable bonds is 2. The van der Waals surface area contributed by atoms with E-state index in [2.05, 4.69) is 0 Å². The normalized spacial score (nSPS) is 52.7. The number of benzene rings is 3. The summed E-state index contributed by atoms with van der Waals surface area (Å²) in [7, 11) is 33.3. The van der Waals surface area contributed by atoms with E-state index in [1.165, 1.54) is 33.7 Å². The van der Waals surface area contributed by atoms with Crippen molar-refractivity contribution in [2.75, 3.05) is 4.90 Å². The van der Waals surface area contributed by atoms with Gasteiger partial charge < -0.3 is 96.3 Å². The molecule has 446 valence electrons. The average molecular weight is 1180 g/mol. The number of nitrogens with zero attached hydrogens (tertiary/aromatic N) is 4. The van der Waals surface area contributed by atoms with Crippen molar-refractivity contribution < 1.29 is 116 Å². The lowest BCUT2D eigenvalue weighted by Gasteiger charge is -2.60. The van der Waals surface area contributed by atoms with E-state index in [4.69, 9.17) is 68.6 Å². The first kappa shape index (κ1) is 55.8. The van der Waals surface area contributed by atoms with Crippen molar-refractivity contribution in [3.63, 3.8) is 0 Å². The highest BCUT2D eigenvalue weighted by molar-refractivity contribution is 6.52. The molecule has 13 fully saturated rings. The maximum atomic E-state index is 13.8. The van der Waals surface area contributed by atoms with Crippen LogP contribution in [-0.2, 0) is 29.3 Å². The van der Waals surface area contributed by atoms with E-state index in [0.717, 1.165) is 0 Å². The first-order chi connectivity index (χ1) is 41.0. The van der Waals surface area contributed by atoms with Crippen molar-refractivity contribution in [1.29, 1.82) is 0 Å². The third kappa shape index (κ3) is 6.28. The Morgan fingerprint density at radius 2 is 0.849 bits per heavy atom. The van der Waals surface area contributed by atoms with Gasteiger partial charge in [0.25, 0.3) is 0 Å². The molecule has 0 amide bonds. The number of aliphatic hydroxyl groups is 12. The average Bonchev–Trinajstić information content (AvgIpc) is 1.50. The van der Waals surface area contributed by atoms with E-state index in [1.54, 1.807) is 4.90 Å². The Bertz CT molecular complexity index is 3470. The van der Waals surface area contributed by atoms with Crippen molar-refractivity contribution in [2.24, 2.45) is 47.3 Å². The highest BCUT2D eigenvalue weighted by atomic mass is 17.2. The van der Waals surface area contributed by atoms with Gasteiger partial charge in [0.15, 0.2) is 17.2 Å². The van der Waals surface area contributed by atoms with Gasteiger partial charge >= 0.3 is 0 Å². The maximum absolute atomic E-state index is 13.8. The monoisotopic (exact) mass is 1180 g/mol. The number of phenolic OH excluding ortho intramolecular Hbond substituents is 5. The van der Waals surface area contributed by atoms with Crippen LogP contribution in [0.25, 0.3) is 27.5 Å². The molecule has 13 aliphatic rings. The van der Waals surface area contributed by atoms with E-state index in [1.807, 2.05) is 4.90 Å². The van der Waals surface area contributed by atoms with Crippen molar-refractivity contribution in [2.45, 2.75) is 170 Å². The Kier molecular flexibility index (Phi) is 11.9. The van der Waals surface area contributed by atoms with Crippen LogP contribution in [0.2, 0.25) is 11.6 Å². The first-order valence-electron chi connectivity index (χ1n) is 29.0. The summed E-state index contributed by atoms with van der Waals surface area (Å²) in [6.45, 7) is 0. The number of hydrogen-bond acceptors (Lipinski definition) is 26. The zero-order valence-corrected chi connectivity index (χ0v) is 44.8. The van der Waals surface area contributed by atoms with E-state index in [0.29, 0.717) is 0 Å². The van der Waals surface area contributed by atoms with Gasteiger partial charge in [-0.25, -0.2) is 29.3 Å². The molecular formula is C54H57B5N4O23. The van der Waals surface area contributed by atoms with Gasteiger partial charge in [0.05, 0.1) is 80.8 Å². The Labute approximate surface area is 492 Å². The number of aromatic nitrogens is 1. The van der Waals surface area contributed by atoms with Gasteiger partial charge in [-0.2, -0.15) is 0 Å². The van der Waals surface area contributed by atoms with E-state index >= 15 is 0 Å². The fourth-order valence-corrected chi connectivity index (χ4v) is 20.7. The molecule has 36 atom stereocenters. The largest absolute Gasteiger partial charge is 0.509 e. The highest BCUT2D eigenvalue weighted by Gasteiger charge is 2.82. The van der Waals surface area contributed by atoms with Gasteiger partial charge in [-0.1, -0.05) is 6.07 Å². The molecule has 6 aliphatic carbocycles. The summed E-state index contributed by atoms with van der Waals surface area (Å²) in [4.78, 5) is 42.6. The Morgan fingerprint density at radius 3 is 1.52 bits per heavy atom. The smallest absolute Gasteiger partial charge is 0.200 e. The topological polar surface area (TPSA) is 414 Å². The van der Waals surface area contributed by atoms with Crippen molar-refractivity contribution in [3.05, 3.63) is 24.3 Å². The van der Waals surface area contributed by atoms with E-state index < -0.39 is 262 Å². The van der Waals surface area contributed by atoms with E-state index in [-0.39, 0.29) is 33.2 Å². The SMILES string of the molecule is [B]c1c(O)c([B])c2c3c(O)c(O)c(O)c([B])c3n(-c3cccc(N4C5C(O)C(O)C(O)C(O)C5C5C(O)C6C(OOC7C(O)C8OOC9C(O)C(O)C([B])C%10C%11C(O)C(O)C%12OOC%13C(O)C([B])C%14C%15C%13C%12C%11N(C9%10)C8C%15C7N6%14)C(O)C54)c3)c2c1O. The Balaban J connectivity index is 0.842. The molecule has 0 bridgehead atoms. The lowest BCUT2D eigenvalue weighted by molar-refractivity contribution is -0.444. The number of aromatic hydroxyl groups is 5. The molecule has 17 rings (SSSR count). The summed E-state index contributed by atoms with van der Waals surface area (Å²) < 4.78 is 1.20. The second kappa shape index (κ2) is 18.3. The van der Waals surface area contributed by atoms with Gasteiger partial charge in [-0.15, -0.1) is 0 Å². The predicted octanol–water partition coefficient (Wildman–Crippen LogP) is -9.54.